The molecule has 0 fully saturated rings. The van der Waals surface area contributed by atoms with Crippen LogP contribution in [0.3, 0.4) is 0 Å². The van der Waals surface area contributed by atoms with Gasteiger partial charge in [0.25, 0.3) is 0 Å². The van der Waals surface area contributed by atoms with Crippen LogP contribution in [0.1, 0.15) is 71.4 Å². The molecular weight excluding hydrogens is 374 g/mol. The molecule has 0 saturated carbocycles. The molecule has 4 nitrogen and oxygen atoms in total. The fraction of sp³-hybridized carbons (Fsp3) is 0.652. The van der Waals surface area contributed by atoms with E-state index in [9.17, 15) is 5.11 Å². The average molecular weight is 410 g/mol. The van der Waals surface area contributed by atoms with Crippen molar-refractivity contribution in [2.24, 2.45) is 0 Å². The summed E-state index contributed by atoms with van der Waals surface area (Å²) >= 11 is 0. The summed E-state index contributed by atoms with van der Waals surface area (Å²) in [5.74, 6) is 1.75. The van der Waals surface area contributed by atoms with Crippen molar-refractivity contribution in [2.75, 3.05) is 13.2 Å². The van der Waals surface area contributed by atoms with Gasteiger partial charge in [-0.25, -0.2) is 0 Å². The number of aliphatic hydroxyl groups excluding tert-OH is 1. The van der Waals surface area contributed by atoms with E-state index in [1.807, 2.05) is 0 Å². The van der Waals surface area contributed by atoms with Crippen molar-refractivity contribution < 1.29 is 14.6 Å². The number of benzene rings is 1. The van der Waals surface area contributed by atoms with Gasteiger partial charge in [-0.1, -0.05) is 0 Å². The number of β-amino-alcohol motifs (C(OH)–C–C–N with tert-alkyl or cyclic N) is 1. The maximum absolute atomic E-state index is 10.3. The predicted molar refractivity (Wildman–Crippen MR) is 118 cm³/mol. The molecule has 0 saturated heterocycles. The molecule has 0 aromatic heterocycles. The molecule has 1 aliphatic heterocycles. The van der Waals surface area contributed by atoms with Gasteiger partial charge < -0.3 is 19.9 Å². The normalized spacial score (nSPS) is 19.1. The highest BCUT2D eigenvalue weighted by Gasteiger charge is 2.37. The third-order valence-electron chi connectivity index (χ3n) is 5.37. The van der Waals surface area contributed by atoms with Crippen molar-refractivity contribution in [3.05, 3.63) is 28.8 Å². The van der Waals surface area contributed by atoms with Crippen LogP contribution in [0.15, 0.2) is 17.7 Å². The van der Waals surface area contributed by atoms with Gasteiger partial charge in [0.2, 0.25) is 0 Å². The Balaban J connectivity index is 0.00000280. The highest BCUT2D eigenvalue weighted by molar-refractivity contribution is 5.85. The first-order valence-electron chi connectivity index (χ1n) is 10.2. The fourth-order valence-electron chi connectivity index (χ4n) is 4.06. The molecule has 1 aliphatic carbocycles. The molecule has 2 N–H and O–H groups in total. The summed E-state index contributed by atoms with van der Waals surface area (Å²) in [6.07, 6.45) is 4.04. The zero-order valence-electron chi connectivity index (χ0n) is 18.1. The van der Waals surface area contributed by atoms with Crippen LogP contribution < -0.4 is 14.8 Å². The van der Waals surface area contributed by atoms with E-state index in [0.29, 0.717) is 6.54 Å². The third-order valence-corrected chi connectivity index (χ3v) is 5.37. The second-order valence-corrected chi connectivity index (χ2v) is 9.51. The molecule has 0 radical (unpaired) electrons. The van der Waals surface area contributed by atoms with E-state index in [4.69, 9.17) is 9.47 Å². The first-order valence-corrected chi connectivity index (χ1v) is 10.2. The maximum Gasteiger partial charge on any atom is 0.132 e. The second kappa shape index (κ2) is 8.64. The molecule has 0 amide bonds. The van der Waals surface area contributed by atoms with Crippen molar-refractivity contribution in [1.82, 2.24) is 5.32 Å². The molecule has 0 bridgehead atoms. The number of nitrogens with one attached hydrogen (secondary N) is 1. The molecule has 158 valence electrons. The number of ether oxygens (including phenoxy) is 2. The minimum absolute atomic E-state index is 0. The van der Waals surface area contributed by atoms with Crippen LogP contribution in [0, 0.1) is 6.92 Å². The molecule has 0 spiro atoms. The molecule has 1 aromatic carbocycles. The zero-order chi connectivity index (χ0) is 19.8. The largest absolute Gasteiger partial charge is 0.490 e. The van der Waals surface area contributed by atoms with Crippen molar-refractivity contribution in [2.45, 2.75) is 84.5 Å². The smallest absolute Gasteiger partial charge is 0.132 e. The Morgan fingerprint density at radius 2 is 1.89 bits per heavy atom. The number of hydrogen-bond donors (Lipinski definition) is 2. The monoisotopic (exact) mass is 409 g/mol. The summed E-state index contributed by atoms with van der Waals surface area (Å²) in [5, 5.41) is 13.7. The lowest BCUT2D eigenvalue weighted by atomic mass is 9.77. The van der Waals surface area contributed by atoms with E-state index in [2.05, 4.69) is 59.0 Å². The van der Waals surface area contributed by atoms with Crippen molar-refractivity contribution in [3.8, 4) is 11.5 Å². The molecule has 5 heteroatoms. The van der Waals surface area contributed by atoms with E-state index in [-0.39, 0.29) is 30.2 Å². The predicted octanol–water partition coefficient (Wildman–Crippen LogP) is 5.04. The number of rotatable bonds is 5. The molecule has 1 unspecified atom stereocenters. The molecular formula is C23H36ClNO3. The highest BCUT2D eigenvalue weighted by Crippen LogP contribution is 2.50. The van der Waals surface area contributed by atoms with Crippen LogP contribution in [0.2, 0.25) is 0 Å². The average Bonchev–Trinajstić information content (AvgIpc) is 2.56. The molecule has 1 heterocycles. The minimum Gasteiger partial charge on any atom is -0.490 e. The Kier molecular flexibility index (Phi) is 7.12. The van der Waals surface area contributed by atoms with Gasteiger partial charge in [0.05, 0.1) is 5.56 Å². The molecule has 1 atom stereocenters. The topological polar surface area (TPSA) is 50.7 Å². The Hall–Kier alpha value is -1.23. The van der Waals surface area contributed by atoms with Crippen LogP contribution in [-0.2, 0) is 0 Å². The number of aliphatic hydroxyl groups is 1. The SMILES string of the molecule is Cc1cc(OCC(O)CNC(C)(C)C)c2c(c1)OC(C)(C)C1=C2CCCC1.Cl. The van der Waals surface area contributed by atoms with Crippen LogP contribution >= 0.6 is 12.4 Å². The number of hydrogen-bond acceptors (Lipinski definition) is 4. The van der Waals surface area contributed by atoms with E-state index in [1.165, 1.54) is 24.0 Å². The van der Waals surface area contributed by atoms with Crippen LogP contribution in [0.5, 0.6) is 11.5 Å². The zero-order valence-corrected chi connectivity index (χ0v) is 19.0. The Bertz CT molecular complexity index is 734. The standard InChI is InChI=1S/C23H35NO3.ClH/c1-15-11-19(26-14-16(25)13-24-22(2,3)4)21-17-9-7-8-10-18(17)23(5,6)27-20(21)12-15;/h11-12,16,24-25H,7-10,13-14H2,1-6H3;1H. The van der Waals surface area contributed by atoms with E-state index >= 15 is 0 Å². The second-order valence-electron chi connectivity index (χ2n) is 9.51. The Morgan fingerprint density at radius 3 is 2.57 bits per heavy atom. The molecule has 2 aliphatic rings. The molecule has 3 rings (SSSR count). The van der Waals surface area contributed by atoms with Gasteiger partial charge in [-0.05, 0) is 96.1 Å². The lowest BCUT2D eigenvalue weighted by Crippen LogP contribution is -2.42. The van der Waals surface area contributed by atoms with Gasteiger partial charge >= 0.3 is 0 Å². The van der Waals surface area contributed by atoms with Gasteiger partial charge in [-0.3, -0.25) is 0 Å². The Morgan fingerprint density at radius 1 is 1.21 bits per heavy atom. The van der Waals surface area contributed by atoms with E-state index in [0.717, 1.165) is 35.5 Å². The number of fused-ring (bicyclic) bond motifs is 2. The van der Waals surface area contributed by atoms with Gasteiger partial charge in [0.15, 0.2) is 0 Å². The van der Waals surface area contributed by atoms with Crippen LogP contribution in [0.4, 0.5) is 0 Å². The maximum atomic E-state index is 10.3. The first kappa shape index (κ1) is 23.1. The summed E-state index contributed by atoms with van der Waals surface area (Å²) < 4.78 is 12.5. The summed E-state index contributed by atoms with van der Waals surface area (Å²) in [5.41, 5.74) is 4.73. The van der Waals surface area contributed by atoms with Gasteiger partial charge in [0.1, 0.15) is 29.8 Å². The summed E-state index contributed by atoms with van der Waals surface area (Å²) in [6, 6.07) is 4.18. The number of halogens is 1. The van der Waals surface area contributed by atoms with Gasteiger partial charge in [0, 0.05) is 12.1 Å². The van der Waals surface area contributed by atoms with Crippen LogP contribution in [-0.4, -0.2) is 35.5 Å². The van der Waals surface area contributed by atoms with Gasteiger partial charge in [-0.15, -0.1) is 12.4 Å². The fourth-order valence-corrected chi connectivity index (χ4v) is 4.06. The lowest BCUT2D eigenvalue weighted by Gasteiger charge is -2.40. The van der Waals surface area contributed by atoms with Crippen LogP contribution in [0.25, 0.3) is 5.57 Å². The number of allylic oxidation sites excluding steroid dienone is 1. The number of aryl methyl sites for hydroxylation is 1. The van der Waals surface area contributed by atoms with Gasteiger partial charge in [-0.2, -0.15) is 0 Å². The molecule has 28 heavy (non-hydrogen) atoms. The first-order chi connectivity index (χ1) is 12.6. The lowest BCUT2D eigenvalue weighted by molar-refractivity contribution is 0.0983. The Labute approximate surface area is 176 Å². The van der Waals surface area contributed by atoms with Crippen molar-refractivity contribution in [1.29, 1.82) is 0 Å². The summed E-state index contributed by atoms with van der Waals surface area (Å²) in [4.78, 5) is 0. The summed E-state index contributed by atoms with van der Waals surface area (Å²) in [7, 11) is 0. The molecule has 1 aromatic rings. The third kappa shape index (κ3) is 5.22. The quantitative estimate of drug-likeness (QED) is 0.714. The summed E-state index contributed by atoms with van der Waals surface area (Å²) in [6.45, 7) is 13.4. The minimum atomic E-state index is -0.554. The van der Waals surface area contributed by atoms with Crippen molar-refractivity contribution in [3.63, 3.8) is 0 Å². The highest BCUT2D eigenvalue weighted by atomic mass is 35.5. The van der Waals surface area contributed by atoms with E-state index in [1.54, 1.807) is 0 Å². The van der Waals surface area contributed by atoms with E-state index < -0.39 is 6.10 Å². The van der Waals surface area contributed by atoms with Crippen molar-refractivity contribution >= 4 is 18.0 Å².